The summed E-state index contributed by atoms with van der Waals surface area (Å²) in [7, 11) is 0. The lowest BCUT2D eigenvalue weighted by atomic mass is 10.2. The first-order valence-corrected chi connectivity index (χ1v) is 8.10. The minimum absolute atomic E-state index is 0.00499. The maximum atomic E-state index is 11.3. The number of halogens is 1. The van der Waals surface area contributed by atoms with Gasteiger partial charge in [-0.05, 0) is 31.0 Å². The SMILES string of the molecule is Nc1nc(NC[C@@H]2CCCO2)nc(Nc2cccc(Cl)c2)c1[N+](=O)[O-]. The second-order valence-corrected chi connectivity index (χ2v) is 5.97. The molecule has 1 atom stereocenters. The number of nitrogens with one attached hydrogen (secondary N) is 2. The highest BCUT2D eigenvalue weighted by atomic mass is 35.5. The molecule has 132 valence electrons. The third-order valence-electron chi connectivity index (χ3n) is 3.69. The Hall–Kier alpha value is -2.65. The number of anilines is 4. The molecule has 1 saturated heterocycles. The third-order valence-corrected chi connectivity index (χ3v) is 3.93. The molecular formula is C15H17ClN6O3. The lowest BCUT2D eigenvalue weighted by Gasteiger charge is -2.13. The van der Waals surface area contributed by atoms with E-state index in [1.165, 1.54) is 0 Å². The maximum Gasteiger partial charge on any atom is 0.353 e. The van der Waals surface area contributed by atoms with E-state index >= 15 is 0 Å². The van der Waals surface area contributed by atoms with Gasteiger partial charge in [0.05, 0.1) is 11.0 Å². The fourth-order valence-electron chi connectivity index (χ4n) is 2.53. The molecule has 4 N–H and O–H groups in total. The van der Waals surface area contributed by atoms with E-state index in [1.807, 2.05) is 0 Å². The van der Waals surface area contributed by atoms with Gasteiger partial charge in [-0.2, -0.15) is 9.97 Å². The van der Waals surface area contributed by atoms with Gasteiger partial charge in [0, 0.05) is 23.9 Å². The number of hydrogen-bond acceptors (Lipinski definition) is 8. The Morgan fingerprint density at radius 2 is 2.28 bits per heavy atom. The average molecular weight is 365 g/mol. The molecule has 0 unspecified atom stereocenters. The van der Waals surface area contributed by atoms with Gasteiger partial charge in [-0.15, -0.1) is 0 Å². The Kier molecular flexibility index (Phi) is 5.15. The van der Waals surface area contributed by atoms with Crippen molar-refractivity contribution in [2.75, 3.05) is 29.5 Å². The van der Waals surface area contributed by atoms with Crippen LogP contribution in [-0.4, -0.2) is 34.1 Å². The molecule has 2 heterocycles. The highest BCUT2D eigenvalue weighted by molar-refractivity contribution is 6.30. The Morgan fingerprint density at radius 1 is 1.44 bits per heavy atom. The zero-order valence-electron chi connectivity index (χ0n) is 13.2. The normalized spacial score (nSPS) is 16.6. The Morgan fingerprint density at radius 3 is 2.96 bits per heavy atom. The standard InChI is InChI=1S/C15H17ClN6O3/c16-9-3-1-4-10(7-9)19-14-12(22(23)24)13(17)20-15(21-14)18-8-11-5-2-6-25-11/h1,3-4,7,11H,2,5-6,8H2,(H4,17,18,19,20,21)/t11-/m0/s1. The number of rotatable bonds is 6. The molecule has 1 fully saturated rings. The zero-order valence-corrected chi connectivity index (χ0v) is 14.0. The smallest absolute Gasteiger partial charge is 0.353 e. The molecule has 0 spiro atoms. The number of nitrogens with two attached hydrogens (primary N) is 1. The molecule has 2 aromatic rings. The quantitative estimate of drug-likeness (QED) is 0.527. The minimum atomic E-state index is -0.619. The van der Waals surface area contributed by atoms with E-state index in [-0.39, 0.29) is 29.4 Å². The summed E-state index contributed by atoms with van der Waals surface area (Å²) in [4.78, 5) is 18.9. The zero-order chi connectivity index (χ0) is 17.8. The van der Waals surface area contributed by atoms with Crippen LogP contribution in [0.3, 0.4) is 0 Å². The number of aromatic nitrogens is 2. The van der Waals surface area contributed by atoms with Crippen LogP contribution in [0.4, 0.5) is 29.0 Å². The van der Waals surface area contributed by atoms with Crippen molar-refractivity contribution >= 4 is 40.6 Å². The van der Waals surface area contributed by atoms with Gasteiger partial charge in [-0.3, -0.25) is 10.1 Å². The monoisotopic (exact) mass is 364 g/mol. The Balaban J connectivity index is 1.86. The Labute approximate surface area is 148 Å². The third kappa shape index (κ3) is 4.25. The molecule has 1 aliphatic heterocycles. The molecule has 0 bridgehead atoms. The van der Waals surface area contributed by atoms with Gasteiger partial charge in [-0.25, -0.2) is 0 Å². The van der Waals surface area contributed by atoms with Crippen LogP contribution in [0.25, 0.3) is 0 Å². The second kappa shape index (κ2) is 7.49. The first-order chi connectivity index (χ1) is 12.0. The Bertz CT molecular complexity index is 782. The van der Waals surface area contributed by atoms with Crippen LogP contribution in [0.15, 0.2) is 24.3 Å². The fourth-order valence-corrected chi connectivity index (χ4v) is 2.72. The van der Waals surface area contributed by atoms with E-state index in [2.05, 4.69) is 20.6 Å². The van der Waals surface area contributed by atoms with Crippen molar-refractivity contribution in [2.45, 2.75) is 18.9 Å². The second-order valence-electron chi connectivity index (χ2n) is 5.54. The summed E-state index contributed by atoms with van der Waals surface area (Å²) in [5.74, 6) is -0.0305. The van der Waals surface area contributed by atoms with E-state index < -0.39 is 4.92 Å². The van der Waals surface area contributed by atoms with E-state index in [9.17, 15) is 10.1 Å². The van der Waals surface area contributed by atoms with Crippen molar-refractivity contribution in [3.63, 3.8) is 0 Å². The van der Waals surface area contributed by atoms with Gasteiger partial charge in [-0.1, -0.05) is 17.7 Å². The average Bonchev–Trinajstić information content (AvgIpc) is 3.05. The lowest BCUT2D eigenvalue weighted by Crippen LogP contribution is -2.20. The van der Waals surface area contributed by atoms with Crippen molar-refractivity contribution in [1.82, 2.24) is 9.97 Å². The van der Waals surface area contributed by atoms with Crippen molar-refractivity contribution in [3.8, 4) is 0 Å². The molecule has 0 aliphatic carbocycles. The highest BCUT2D eigenvalue weighted by Crippen LogP contribution is 2.32. The van der Waals surface area contributed by atoms with E-state index in [0.717, 1.165) is 19.4 Å². The van der Waals surface area contributed by atoms with E-state index in [0.29, 0.717) is 17.3 Å². The topological polar surface area (TPSA) is 128 Å². The van der Waals surface area contributed by atoms with Gasteiger partial charge in [0.1, 0.15) is 0 Å². The van der Waals surface area contributed by atoms with Crippen molar-refractivity contribution < 1.29 is 9.66 Å². The van der Waals surface area contributed by atoms with Gasteiger partial charge in [0.15, 0.2) is 0 Å². The molecule has 10 heteroatoms. The lowest BCUT2D eigenvalue weighted by molar-refractivity contribution is -0.383. The number of nitrogen functional groups attached to an aromatic ring is 1. The summed E-state index contributed by atoms with van der Waals surface area (Å²) in [6, 6.07) is 6.76. The summed E-state index contributed by atoms with van der Waals surface area (Å²) in [5.41, 5.74) is 5.93. The van der Waals surface area contributed by atoms with Gasteiger partial charge < -0.3 is 21.1 Å². The highest BCUT2D eigenvalue weighted by Gasteiger charge is 2.24. The predicted molar refractivity (Wildman–Crippen MR) is 95.3 cm³/mol. The van der Waals surface area contributed by atoms with E-state index in [1.54, 1.807) is 24.3 Å². The summed E-state index contributed by atoms with van der Waals surface area (Å²) in [6.07, 6.45) is 2.03. The van der Waals surface area contributed by atoms with Gasteiger partial charge in [0.25, 0.3) is 0 Å². The maximum absolute atomic E-state index is 11.3. The molecule has 25 heavy (non-hydrogen) atoms. The number of nitro groups is 1. The summed E-state index contributed by atoms with van der Waals surface area (Å²) in [6.45, 7) is 1.24. The van der Waals surface area contributed by atoms with Crippen LogP contribution in [-0.2, 0) is 4.74 Å². The van der Waals surface area contributed by atoms with Crippen LogP contribution in [0.5, 0.6) is 0 Å². The largest absolute Gasteiger partial charge is 0.378 e. The summed E-state index contributed by atoms with van der Waals surface area (Å²) >= 11 is 5.94. The summed E-state index contributed by atoms with van der Waals surface area (Å²) < 4.78 is 5.52. The molecule has 0 radical (unpaired) electrons. The predicted octanol–water partition coefficient (Wildman–Crippen LogP) is 2.95. The van der Waals surface area contributed by atoms with E-state index in [4.69, 9.17) is 22.1 Å². The number of ether oxygens (including phenoxy) is 1. The fraction of sp³-hybridized carbons (Fsp3) is 0.333. The molecule has 3 rings (SSSR count). The molecule has 0 saturated carbocycles. The number of hydrogen-bond donors (Lipinski definition) is 3. The summed E-state index contributed by atoms with van der Waals surface area (Å²) in [5, 5.41) is 17.7. The molecule has 9 nitrogen and oxygen atoms in total. The van der Waals surface area contributed by atoms with Crippen LogP contribution in [0.1, 0.15) is 12.8 Å². The van der Waals surface area contributed by atoms with Gasteiger partial charge >= 0.3 is 5.69 Å². The molecular weight excluding hydrogens is 348 g/mol. The molecule has 1 aromatic heterocycles. The van der Waals surface area contributed by atoms with Crippen molar-refractivity contribution in [2.24, 2.45) is 0 Å². The van der Waals surface area contributed by atoms with Crippen LogP contribution in [0, 0.1) is 10.1 Å². The minimum Gasteiger partial charge on any atom is -0.378 e. The molecule has 0 amide bonds. The number of nitrogens with zero attached hydrogens (tertiary/aromatic N) is 3. The van der Waals surface area contributed by atoms with Crippen LogP contribution < -0.4 is 16.4 Å². The first-order valence-electron chi connectivity index (χ1n) is 7.73. The van der Waals surface area contributed by atoms with Gasteiger partial charge in [0.2, 0.25) is 17.6 Å². The first kappa shape index (κ1) is 17.2. The number of benzene rings is 1. The molecule has 1 aliphatic rings. The van der Waals surface area contributed by atoms with Crippen molar-refractivity contribution in [1.29, 1.82) is 0 Å². The molecule has 1 aromatic carbocycles. The van der Waals surface area contributed by atoms with Crippen LogP contribution in [0.2, 0.25) is 5.02 Å². The van der Waals surface area contributed by atoms with Crippen molar-refractivity contribution in [3.05, 3.63) is 39.4 Å². The van der Waals surface area contributed by atoms with Crippen LogP contribution >= 0.6 is 11.6 Å².